The van der Waals surface area contributed by atoms with E-state index < -0.39 is 0 Å². The molecule has 1 saturated heterocycles. The highest BCUT2D eigenvalue weighted by Gasteiger charge is 2.29. The first-order chi connectivity index (χ1) is 14.0. The summed E-state index contributed by atoms with van der Waals surface area (Å²) in [4.78, 5) is 38.7. The van der Waals surface area contributed by atoms with E-state index in [1.165, 1.54) is 12.8 Å². The van der Waals surface area contributed by atoms with Crippen LogP contribution in [0.5, 0.6) is 0 Å². The van der Waals surface area contributed by atoms with E-state index >= 15 is 0 Å². The molecule has 2 amide bonds. The van der Waals surface area contributed by atoms with Crippen LogP contribution in [0.2, 0.25) is 5.02 Å². The van der Waals surface area contributed by atoms with Crippen molar-refractivity contribution in [2.75, 3.05) is 19.7 Å². The molecular weight excluding hydrogens is 392 g/mol. The fourth-order valence-corrected chi connectivity index (χ4v) is 4.17. The first-order valence-electron chi connectivity index (χ1n) is 10.5. The number of esters is 1. The van der Waals surface area contributed by atoms with Crippen LogP contribution in [0.3, 0.4) is 0 Å². The Balaban J connectivity index is 1.38. The Bertz CT molecular complexity index is 706. The summed E-state index contributed by atoms with van der Waals surface area (Å²) in [7, 11) is 0. The molecule has 0 radical (unpaired) electrons. The molecule has 0 aromatic heterocycles. The number of ether oxygens (including phenoxy) is 1. The van der Waals surface area contributed by atoms with Crippen molar-refractivity contribution in [2.24, 2.45) is 5.92 Å². The molecule has 1 saturated carbocycles. The van der Waals surface area contributed by atoms with E-state index in [1.807, 2.05) is 0 Å². The van der Waals surface area contributed by atoms with Gasteiger partial charge in [-0.1, -0.05) is 37.3 Å². The number of rotatable bonds is 5. The Morgan fingerprint density at radius 1 is 0.966 bits per heavy atom. The molecule has 6 nitrogen and oxygen atoms in total. The Labute approximate surface area is 176 Å². The van der Waals surface area contributed by atoms with Gasteiger partial charge < -0.3 is 15.0 Å². The molecule has 3 rings (SSSR count). The fourth-order valence-electron chi connectivity index (χ4n) is 4.04. The van der Waals surface area contributed by atoms with Crippen molar-refractivity contribution in [2.45, 2.75) is 57.4 Å². The number of nitrogens with one attached hydrogen (secondary N) is 1. The normalized spacial score (nSPS) is 18.7. The lowest BCUT2D eigenvalue weighted by molar-refractivity contribution is -0.154. The van der Waals surface area contributed by atoms with Gasteiger partial charge in [0.05, 0.1) is 5.92 Å². The predicted octanol–water partition coefficient (Wildman–Crippen LogP) is 3.57. The third-order valence-electron chi connectivity index (χ3n) is 5.77. The second kappa shape index (κ2) is 10.6. The SMILES string of the molecule is O=C(COC(=O)C1CCN(C(=O)c2ccc(Cl)cc2)CC1)NC1CCCCCC1. The molecule has 0 spiro atoms. The molecule has 0 unspecified atom stereocenters. The highest BCUT2D eigenvalue weighted by atomic mass is 35.5. The summed E-state index contributed by atoms with van der Waals surface area (Å²) in [6.45, 7) is 0.768. The Morgan fingerprint density at radius 3 is 2.21 bits per heavy atom. The molecule has 2 fully saturated rings. The molecule has 1 heterocycles. The van der Waals surface area contributed by atoms with Crippen LogP contribution in [0.15, 0.2) is 24.3 Å². The van der Waals surface area contributed by atoms with E-state index in [4.69, 9.17) is 16.3 Å². The zero-order valence-corrected chi connectivity index (χ0v) is 17.5. The second-order valence-electron chi connectivity index (χ2n) is 7.94. The molecule has 1 aromatic rings. The van der Waals surface area contributed by atoms with Crippen LogP contribution in [-0.2, 0) is 14.3 Å². The van der Waals surface area contributed by atoms with Crippen LogP contribution in [0.25, 0.3) is 0 Å². The standard InChI is InChI=1S/C22H29ClN2O4/c23-18-9-7-16(8-10-18)21(27)25-13-11-17(12-14-25)22(28)29-15-20(26)24-19-5-3-1-2-4-6-19/h7-10,17,19H,1-6,11-15H2,(H,24,26). The van der Waals surface area contributed by atoms with Gasteiger partial charge >= 0.3 is 5.97 Å². The second-order valence-corrected chi connectivity index (χ2v) is 8.37. The van der Waals surface area contributed by atoms with Crippen molar-refractivity contribution in [3.8, 4) is 0 Å². The van der Waals surface area contributed by atoms with Gasteiger partial charge in [0.2, 0.25) is 0 Å². The Hall–Kier alpha value is -2.08. The number of hydrogen-bond donors (Lipinski definition) is 1. The molecule has 2 aliphatic rings. The van der Waals surface area contributed by atoms with Gasteiger partial charge in [-0.25, -0.2) is 0 Å². The molecule has 1 aromatic carbocycles. The van der Waals surface area contributed by atoms with Gasteiger partial charge in [0.1, 0.15) is 0 Å². The molecule has 1 N–H and O–H groups in total. The molecular formula is C22H29ClN2O4. The number of halogens is 1. The molecule has 1 aliphatic carbocycles. The van der Waals surface area contributed by atoms with Crippen LogP contribution in [0.1, 0.15) is 61.7 Å². The van der Waals surface area contributed by atoms with Gasteiger partial charge in [-0.3, -0.25) is 14.4 Å². The molecule has 0 atom stereocenters. The maximum absolute atomic E-state index is 12.5. The predicted molar refractivity (Wildman–Crippen MR) is 111 cm³/mol. The summed E-state index contributed by atoms with van der Waals surface area (Å²) >= 11 is 5.87. The third kappa shape index (κ3) is 6.46. The molecule has 0 bridgehead atoms. The molecule has 29 heavy (non-hydrogen) atoms. The summed E-state index contributed by atoms with van der Waals surface area (Å²) in [6, 6.07) is 7.00. The van der Waals surface area contributed by atoms with E-state index in [1.54, 1.807) is 29.2 Å². The number of likely N-dealkylation sites (tertiary alicyclic amines) is 1. The summed E-state index contributed by atoms with van der Waals surface area (Å²) in [5, 5.41) is 3.57. The van der Waals surface area contributed by atoms with Gasteiger partial charge in [-0.05, 0) is 49.9 Å². The van der Waals surface area contributed by atoms with Gasteiger partial charge in [0.25, 0.3) is 11.8 Å². The van der Waals surface area contributed by atoms with E-state index in [9.17, 15) is 14.4 Å². The van der Waals surface area contributed by atoms with E-state index in [0.717, 1.165) is 25.7 Å². The monoisotopic (exact) mass is 420 g/mol. The zero-order chi connectivity index (χ0) is 20.6. The molecule has 7 heteroatoms. The number of amides is 2. The van der Waals surface area contributed by atoms with Crippen LogP contribution in [0.4, 0.5) is 0 Å². The van der Waals surface area contributed by atoms with Crippen molar-refractivity contribution < 1.29 is 19.1 Å². The van der Waals surface area contributed by atoms with Gasteiger partial charge in [-0.2, -0.15) is 0 Å². The number of benzene rings is 1. The summed E-state index contributed by atoms with van der Waals surface area (Å²) in [6.07, 6.45) is 7.81. The maximum Gasteiger partial charge on any atom is 0.309 e. The zero-order valence-electron chi connectivity index (χ0n) is 16.7. The minimum absolute atomic E-state index is 0.0590. The van der Waals surface area contributed by atoms with E-state index in [2.05, 4.69) is 5.32 Å². The highest BCUT2D eigenvalue weighted by Crippen LogP contribution is 2.21. The topological polar surface area (TPSA) is 75.7 Å². The summed E-state index contributed by atoms with van der Waals surface area (Å²) < 4.78 is 5.24. The number of hydrogen-bond acceptors (Lipinski definition) is 4. The quantitative estimate of drug-likeness (QED) is 0.583. The lowest BCUT2D eigenvalue weighted by atomic mass is 9.96. The highest BCUT2D eigenvalue weighted by molar-refractivity contribution is 6.30. The first-order valence-corrected chi connectivity index (χ1v) is 10.9. The Morgan fingerprint density at radius 2 is 1.59 bits per heavy atom. The Kier molecular flexibility index (Phi) is 7.92. The third-order valence-corrected chi connectivity index (χ3v) is 6.02. The van der Waals surface area contributed by atoms with E-state index in [-0.39, 0.29) is 36.4 Å². The van der Waals surface area contributed by atoms with Crippen molar-refractivity contribution in [3.63, 3.8) is 0 Å². The van der Waals surface area contributed by atoms with E-state index in [0.29, 0.717) is 36.5 Å². The van der Waals surface area contributed by atoms with Crippen LogP contribution < -0.4 is 5.32 Å². The molecule has 158 valence electrons. The van der Waals surface area contributed by atoms with Crippen molar-refractivity contribution in [3.05, 3.63) is 34.9 Å². The largest absolute Gasteiger partial charge is 0.455 e. The fraction of sp³-hybridized carbons (Fsp3) is 0.591. The van der Waals surface area contributed by atoms with Crippen LogP contribution >= 0.6 is 11.6 Å². The lowest BCUT2D eigenvalue weighted by Gasteiger charge is -2.31. The average molecular weight is 421 g/mol. The van der Waals surface area contributed by atoms with Crippen LogP contribution in [0, 0.1) is 5.92 Å². The summed E-state index contributed by atoms with van der Waals surface area (Å²) in [5.74, 6) is -0.897. The summed E-state index contributed by atoms with van der Waals surface area (Å²) in [5.41, 5.74) is 0.589. The van der Waals surface area contributed by atoms with Gasteiger partial charge in [-0.15, -0.1) is 0 Å². The van der Waals surface area contributed by atoms with Gasteiger partial charge in [0, 0.05) is 29.7 Å². The number of piperidine rings is 1. The van der Waals surface area contributed by atoms with Crippen molar-refractivity contribution in [1.82, 2.24) is 10.2 Å². The minimum atomic E-state index is -0.348. The number of carbonyl (C=O) groups is 3. The number of nitrogens with zero attached hydrogens (tertiary/aromatic N) is 1. The molecule has 1 aliphatic heterocycles. The average Bonchev–Trinajstić information content (AvgIpc) is 3.01. The first kappa shape index (κ1) is 21.6. The number of carbonyl (C=O) groups excluding carboxylic acids is 3. The minimum Gasteiger partial charge on any atom is -0.455 e. The maximum atomic E-state index is 12.5. The smallest absolute Gasteiger partial charge is 0.309 e. The van der Waals surface area contributed by atoms with Gasteiger partial charge in [0.15, 0.2) is 6.61 Å². The lowest BCUT2D eigenvalue weighted by Crippen LogP contribution is -2.41. The van der Waals surface area contributed by atoms with Crippen LogP contribution in [-0.4, -0.2) is 48.4 Å². The van der Waals surface area contributed by atoms with Crippen molar-refractivity contribution in [1.29, 1.82) is 0 Å². The van der Waals surface area contributed by atoms with Crippen molar-refractivity contribution >= 4 is 29.4 Å².